The summed E-state index contributed by atoms with van der Waals surface area (Å²) in [6.07, 6.45) is -1.20. The van der Waals surface area contributed by atoms with Crippen molar-refractivity contribution in [1.29, 1.82) is 0 Å². The Morgan fingerprint density at radius 3 is 2.73 bits per heavy atom. The Bertz CT molecular complexity index is 1560. The smallest absolute Gasteiger partial charge is 0.382 e. The number of ether oxygens (including phenoxy) is 1. The highest BCUT2D eigenvalue weighted by Gasteiger charge is 2.38. The lowest BCUT2D eigenvalue weighted by Crippen LogP contribution is -2.41. The van der Waals surface area contributed by atoms with E-state index < -0.39 is 29.6 Å². The third kappa shape index (κ3) is 4.05. The molecule has 1 saturated carbocycles. The summed E-state index contributed by atoms with van der Waals surface area (Å²) in [5.74, 6) is -0.929. The van der Waals surface area contributed by atoms with Gasteiger partial charge in [-0.1, -0.05) is 6.07 Å². The molecule has 0 bridgehead atoms. The predicted molar refractivity (Wildman–Crippen MR) is 126 cm³/mol. The van der Waals surface area contributed by atoms with Gasteiger partial charge in [-0.25, -0.2) is 14.4 Å². The molecular formula is C25H22F4N6O2. The number of nitrogens with two attached hydrogens (primary N) is 1. The second-order valence-electron chi connectivity index (χ2n) is 9.54. The number of carbonyl (C=O) groups is 1. The molecule has 0 spiro atoms. The van der Waals surface area contributed by atoms with Crippen LogP contribution in [0.1, 0.15) is 46.2 Å². The second-order valence-corrected chi connectivity index (χ2v) is 9.54. The van der Waals surface area contributed by atoms with Crippen molar-refractivity contribution < 1.29 is 27.1 Å². The number of aryl methyl sites for hydroxylation is 1. The van der Waals surface area contributed by atoms with Gasteiger partial charge in [0.05, 0.1) is 42.2 Å². The third-order valence-electron chi connectivity index (χ3n) is 6.99. The molecule has 8 nitrogen and oxygen atoms in total. The summed E-state index contributed by atoms with van der Waals surface area (Å²) in [4.78, 5) is 23.4. The minimum Gasteiger partial charge on any atom is -0.382 e. The molecule has 0 unspecified atom stereocenters. The number of rotatable bonds is 4. The SMILES string of the molecule is Cn1ncc2c3cc(C(=O)N(CC4CC4)[C@@H]4COCc5nc(C(F)(F)F)ccc54)c(F)cc3nc(N)c21. The zero-order valence-corrected chi connectivity index (χ0v) is 19.7. The number of benzene rings is 1. The van der Waals surface area contributed by atoms with Gasteiger partial charge in [-0.2, -0.15) is 18.3 Å². The Balaban J connectivity index is 1.44. The van der Waals surface area contributed by atoms with Gasteiger partial charge >= 0.3 is 6.18 Å². The van der Waals surface area contributed by atoms with Crippen molar-refractivity contribution in [1.82, 2.24) is 24.6 Å². The van der Waals surface area contributed by atoms with E-state index in [9.17, 15) is 18.0 Å². The number of pyridine rings is 2. The number of nitrogens with zero attached hydrogens (tertiary/aromatic N) is 5. The van der Waals surface area contributed by atoms with Crippen LogP contribution >= 0.6 is 0 Å². The third-order valence-corrected chi connectivity index (χ3v) is 6.99. The lowest BCUT2D eigenvalue weighted by atomic mass is 9.99. The molecule has 2 N–H and O–H groups in total. The Labute approximate surface area is 208 Å². The van der Waals surface area contributed by atoms with Crippen molar-refractivity contribution in [2.45, 2.75) is 31.7 Å². The molecule has 1 amide bonds. The van der Waals surface area contributed by atoms with Crippen molar-refractivity contribution in [2.75, 3.05) is 18.9 Å². The van der Waals surface area contributed by atoms with E-state index in [0.717, 1.165) is 18.9 Å². The van der Waals surface area contributed by atoms with Gasteiger partial charge < -0.3 is 15.4 Å². The quantitative estimate of drug-likeness (QED) is 0.406. The van der Waals surface area contributed by atoms with E-state index in [2.05, 4.69) is 15.1 Å². The molecule has 12 heteroatoms. The monoisotopic (exact) mass is 514 g/mol. The average Bonchev–Trinajstić information content (AvgIpc) is 3.59. The largest absolute Gasteiger partial charge is 0.433 e. The molecule has 2 aliphatic rings. The van der Waals surface area contributed by atoms with Crippen molar-refractivity contribution in [3.63, 3.8) is 0 Å². The van der Waals surface area contributed by atoms with E-state index in [1.165, 1.54) is 23.1 Å². The summed E-state index contributed by atoms with van der Waals surface area (Å²) in [7, 11) is 1.71. The van der Waals surface area contributed by atoms with Gasteiger partial charge in [0, 0.05) is 36.0 Å². The number of halogens is 4. The van der Waals surface area contributed by atoms with Gasteiger partial charge in [0.1, 0.15) is 22.8 Å². The number of aromatic nitrogens is 4. The van der Waals surface area contributed by atoms with Gasteiger partial charge in [-0.15, -0.1) is 0 Å². The van der Waals surface area contributed by atoms with E-state index in [4.69, 9.17) is 10.5 Å². The molecule has 1 aliphatic heterocycles. The van der Waals surface area contributed by atoms with Crippen LogP contribution in [0.15, 0.2) is 30.5 Å². The molecule has 1 aliphatic carbocycles. The van der Waals surface area contributed by atoms with Gasteiger partial charge in [-0.3, -0.25) is 9.48 Å². The topological polar surface area (TPSA) is 99.2 Å². The molecule has 0 radical (unpaired) electrons. The van der Waals surface area contributed by atoms with Crippen molar-refractivity contribution in [3.05, 3.63) is 58.8 Å². The number of carbonyl (C=O) groups excluding carboxylic acids is 1. The van der Waals surface area contributed by atoms with E-state index in [1.807, 2.05) is 0 Å². The molecule has 1 aromatic carbocycles. The molecule has 6 rings (SSSR count). The summed E-state index contributed by atoms with van der Waals surface area (Å²) in [5.41, 5.74) is 6.29. The highest BCUT2D eigenvalue weighted by atomic mass is 19.4. The van der Waals surface area contributed by atoms with Crippen LogP contribution < -0.4 is 5.73 Å². The van der Waals surface area contributed by atoms with Gasteiger partial charge in [0.2, 0.25) is 0 Å². The van der Waals surface area contributed by atoms with Crippen LogP contribution in [0.5, 0.6) is 0 Å². The van der Waals surface area contributed by atoms with Gasteiger partial charge in [0.15, 0.2) is 0 Å². The Hall–Kier alpha value is -3.80. The fourth-order valence-corrected chi connectivity index (χ4v) is 4.94. The first-order chi connectivity index (χ1) is 17.6. The first-order valence-corrected chi connectivity index (χ1v) is 11.8. The number of anilines is 1. The number of fused-ring (bicyclic) bond motifs is 4. The Morgan fingerprint density at radius 1 is 1.22 bits per heavy atom. The zero-order valence-electron chi connectivity index (χ0n) is 19.7. The molecule has 4 aromatic rings. The molecule has 1 fully saturated rings. The highest BCUT2D eigenvalue weighted by Crippen LogP contribution is 2.38. The Morgan fingerprint density at radius 2 is 2.00 bits per heavy atom. The summed E-state index contributed by atoms with van der Waals surface area (Å²) >= 11 is 0. The van der Waals surface area contributed by atoms with Gasteiger partial charge in [0.25, 0.3) is 5.91 Å². The lowest BCUT2D eigenvalue weighted by molar-refractivity contribution is -0.141. The predicted octanol–water partition coefficient (Wildman–Crippen LogP) is 4.38. The maximum absolute atomic E-state index is 15.3. The van der Waals surface area contributed by atoms with Crippen LogP contribution in [0.2, 0.25) is 0 Å². The molecule has 37 heavy (non-hydrogen) atoms. The molecule has 1 atom stereocenters. The number of hydrogen-bond acceptors (Lipinski definition) is 6. The number of amides is 1. The first kappa shape index (κ1) is 23.6. The van der Waals surface area contributed by atoms with Gasteiger partial charge in [-0.05, 0) is 30.9 Å². The van der Waals surface area contributed by atoms with Crippen LogP contribution in [0.3, 0.4) is 0 Å². The maximum atomic E-state index is 15.3. The number of nitrogen functional groups attached to an aromatic ring is 1. The fraction of sp³-hybridized carbons (Fsp3) is 0.360. The second kappa shape index (κ2) is 8.37. The zero-order chi connectivity index (χ0) is 26.1. The van der Waals surface area contributed by atoms with Crippen molar-refractivity contribution in [3.8, 4) is 0 Å². The molecule has 192 valence electrons. The van der Waals surface area contributed by atoms with Crippen molar-refractivity contribution in [2.24, 2.45) is 13.0 Å². The minimum atomic E-state index is -4.60. The summed E-state index contributed by atoms with van der Waals surface area (Å²) in [5, 5.41) is 5.36. The van der Waals surface area contributed by atoms with Crippen LogP contribution in [0.4, 0.5) is 23.4 Å². The minimum absolute atomic E-state index is 0.0681. The van der Waals surface area contributed by atoms with Crippen LogP contribution in [0, 0.1) is 11.7 Å². The first-order valence-electron chi connectivity index (χ1n) is 11.8. The van der Waals surface area contributed by atoms with E-state index in [1.54, 1.807) is 17.9 Å². The normalized spacial score (nSPS) is 17.8. The lowest BCUT2D eigenvalue weighted by Gasteiger charge is -2.36. The average molecular weight is 514 g/mol. The van der Waals surface area contributed by atoms with Crippen LogP contribution in [-0.4, -0.2) is 43.7 Å². The number of hydrogen-bond donors (Lipinski definition) is 1. The molecule has 4 heterocycles. The van der Waals surface area contributed by atoms with Crippen LogP contribution in [-0.2, 0) is 24.6 Å². The summed E-state index contributed by atoms with van der Waals surface area (Å²) in [6, 6.07) is 4.16. The van der Waals surface area contributed by atoms with Crippen molar-refractivity contribution >= 4 is 33.5 Å². The fourth-order valence-electron chi connectivity index (χ4n) is 4.94. The van der Waals surface area contributed by atoms with Crippen LogP contribution in [0.25, 0.3) is 21.8 Å². The molecule has 3 aromatic heterocycles. The summed E-state index contributed by atoms with van der Waals surface area (Å²) < 4.78 is 62.1. The standard InChI is InChI=1S/C25H22F4N6O2/c1-34-22-16(8-31-34)14-6-15(17(26)7-18(14)33-23(22)30)24(36)35(9-12-2-3-12)20-11-37-10-19-13(20)4-5-21(32-19)25(27,28)29/h4-8,12,20H,2-3,9-11H2,1H3,(H2,30,33)/t20-/m1/s1. The summed E-state index contributed by atoms with van der Waals surface area (Å²) in [6.45, 7) is 0.295. The van der Waals surface area contributed by atoms with E-state index in [-0.39, 0.29) is 41.7 Å². The maximum Gasteiger partial charge on any atom is 0.433 e. The van der Waals surface area contributed by atoms with E-state index >= 15 is 4.39 Å². The Kier molecular flexibility index (Phi) is 5.34. The highest BCUT2D eigenvalue weighted by molar-refractivity contribution is 6.10. The molecular weight excluding hydrogens is 492 g/mol. The molecule has 0 saturated heterocycles. The van der Waals surface area contributed by atoms with E-state index in [0.29, 0.717) is 28.4 Å². The number of alkyl halides is 3.